The molecule has 1 aliphatic carbocycles. The molecule has 2 unspecified atom stereocenters. The van der Waals surface area contributed by atoms with Crippen molar-refractivity contribution >= 4 is 22.6 Å². The first-order chi connectivity index (χ1) is 14.7. The molecule has 1 saturated carbocycles. The van der Waals surface area contributed by atoms with Gasteiger partial charge in [0.2, 0.25) is 0 Å². The van der Waals surface area contributed by atoms with Gasteiger partial charge in [0.25, 0.3) is 5.91 Å². The summed E-state index contributed by atoms with van der Waals surface area (Å²) in [5.41, 5.74) is 0.0233. The summed E-state index contributed by atoms with van der Waals surface area (Å²) in [6.07, 6.45) is 0.707. The third kappa shape index (κ3) is 5.48. The van der Waals surface area contributed by atoms with E-state index in [0.717, 1.165) is 38.0 Å². The summed E-state index contributed by atoms with van der Waals surface area (Å²) < 4.78 is 45.3. The molecular weight excluding hydrogens is 411 g/mol. The zero-order valence-electron chi connectivity index (χ0n) is 17.2. The number of amides is 1. The van der Waals surface area contributed by atoms with Crippen molar-refractivity contribution in [2.75, 3.05) is 6.61 Å². The number of hydrogen-bond donors (Lipinski definition) is 2. The van der Waals surface area contributed by atoms with Crippen LogP contribution in [0.2, 0.25) is 0 Å². The van der Waals surface area contributed by atoms with Crippen LogP contribution in [0.1, 0.15) is 49.4 Å². The van der Waals surface area contributed by atoms with Gasteiger partial charge in [-0.3, -0.25) is 4.79 Å². The van der Waals surface area contributed by atoms with Crippen LogP contribution in [-0.2, 0) is 4.79 Å². The van der Waals surface area contributed by atoms with E-state index in [9.17, 15) is 27.9 Å². The predicted molar refractivity (Wildman–Crippen MR) is 110 cm³/mol. The van der Waals surface area contributed by atoms with Gasteiger partial charge in [-0.25, -0.2) is 4.79 Å². The summed E-state index contributed by atoms with van der Waals surface area (Å²) in [7, 11) is 0. The van der Waals surface area contributed by atoms with E-state index in [1.807, 2.05) is 17.4 Å². The number of fused-ring (bicyclic) bond motifs is 1. The maximum Gasteiger partial charge on any atom is 0.394 e. The summed E-state index contributed by atoms with van der Waals surface area (Å²) in [5.74, 6) is -4.29. The van der Waals surface area contributed by atoms with Gasteiger partial charge in [0.15, 0.2) is 0 Å². The molecule has 0 spiro atoms. The normalized spacial score (nSPS) is 17.2. The number of alkyl halides is 3. The highest BCUT2D eigenvalue weighted by molar-refractivity contribution is 6.04. The molecule has 1 aliphatic rings. The fourth-order valence-electron chi connectivity index (χ4n) is 3.94. The summed E-state index contributed by atoms with van der Waals surface area (Å²) in [4.78, 5) is 24.3. The van der Waals surface area contributed by atoms with Crippen LogP contribution >= 0.6 is 0 Å². The summed E-state index contributed by atoms with van der Waals surface area (Å²) in [6, 6.07) is 8.25. The topological polar surface area (TPSA) is 75.6 Å². The highest BCUT2D eigenvalue weighted by Gasteiger charge is 2.45. The molecule has 2 atom stereocenters. The number of carboxylic acid groups (broad SMARTS) is 1. The Morgan fingerprint density at radius 3 is 2.45 bits per heavy atom. The highest BCUT2D eigenvalue weighted by atomic mass is 19.4. The molecule has 168 valence electrons. The molecular formula is C23H26F3NO4. The van der Waals surface area contributed by atoms with Gasteiger partial charge in [-0.15, -0.1) is 0 Å². The number of halogens is 3. The predicted octanol–water partition coefficient (Wildman–Crippen LogP) is 5.18. The molecule has 3 rings (SSSR count). The molecule has 2 aromatic carbocycles. The van der Waals surface area contributed by atoms with Crippen LogP contribution in [0.25, 0.3) is 10.8 Å². The Morgan fingerprint density at radius 1 is 1.13 bits per heavy atom. The first kappa shape index (κ1) is 22.9. The second kappa shape index (κ2) is 9.58. The molecule has 0 radical (unpaired) electrons. The van der Waals surface area contributed by atoms with Gasteiger partial charge in [0.05, 0.1) is 18.1 Å². The van der Waals surface area contributed by atoms with Gasteiger partial charge in [0.1, 0.15) is 11.8 Å². The van der Waals surface area contributed by atoms with Gasteiger partial charge < -0.3 is 15.2 Å². The van der Waals surface area contributed by atoms with Gasteiger partial charge in [-0.05, 0) is 30.2 Å². The van der Waals surface area contributed by atoms with Crippen molar-refractivity contribution in [1.29, 1.82) is 0 Å². The number of ether oxygens (including phenoxy) is 1. The smallest absolute Gasteiger partial charge is 0.394 e. The van der Waals surface area contributed by atoms with Gasteiger partial charge in [-0.2, -0.15) is 13.2 Å². The van der Waals surface area contributed by atoms with Crippen molar-refractivity contribution in [1.82, 2.24) is 5.32 Å². The lowest BCUT2D eigenvalue weighted by atomic mass is 9.90. The Kier molecular flexibility index (Phi) is 7.08. The van der Waals surface area contributed by atoms with Crippen molar-refractivity contribution in [3.63, 3.8) is 0 Å². The van der Waals surface area contributed by atoms with E-state index in [0.29, 0.717) is 17.9 Å². The third-order valence-corrected chi connectivity index (χ3v) is 5.88. The van der Waals surface area contributed by atoms with E-state index in [-0.39, 0.29) is 11.3 Å². The number of nitrogens with one attached hydrogen (secondary N) is 1. The maximum atomic E-state index is 13.1. The van der Waals surface area contributed by atoms with Crippen LogP contribution < -0.4 is 10.1 Å². The molecule has 31 heavy (non-hydrogen) atoms. The lowest BCUT2D eigenvalue weighted by Crippen LogP contribution is -2.49. The number of carbonyl (C=O) groups is 2. The minimum absolute atomic E-state index is 0.0233. The molecule has 0 saturated heterocycles. The number of hydrogen-bond acceptors (Lipinski definition) is 3. The quantitative estimate of drug-likeness (QED) is 0.626. The van der Waals surface area contributed by atoms with Crippen LogP contribution in [-0.4, -0.2) is 35.8 Å². The summed E-state index contributed by atoms with van der Waals surface area (Å²) in [6.45, 7) is 1.13. The van der Waals surface area contributed by atoms with Crippen molar-refractivity contribution < 1.29 is 32.6 Å². The van der Waals surface area contributed by atoms with E-state index < -0.39 is 30.0 Å². The first-order valence-corrected chi connectivity index (χ1v) is 10.4. The largest absolute Gasteiger partial charge is 0.492 e. The minimum Gasteiger partial charge on any atom is -0.492 e. The second-order valence-electron chi connectivity index (χ2n) is 8.10. The SMILES string of the molecule is CC(C(NC(=O)c1ccc2ccccc2c1OCC1CCCCC1)C(=O)O)C(F)(F)F. The fraction of sp³-hybridized carbons (Fsp3) is 0.478. The lowest BCUT2D eigenvalue weighted by Gasteiger charge is -2.25. The number of aliphatic carboxylic acids is 1. The molecule has 2 N–H and O–H groups in total. The number of carbonyl (C=O) groups excluding carboxylic acids is 1. The lowest BCUT2D eigenvalue weighted by molar-refractivity contribution is -0.184. The number of rotatable bonds is 7. The average molecular weight is 437 g/mol. The van der Waals surface area contributed by atoms with Crippen LogP contribution in [0.15, 0.2) is 36.4 Å². The maximum absolute atomic E-state index is 13.1. The molecule has 5 nitrogen and oxygen atoms in total. The molecule has 8 heteroatoms. The second-order valence-corrected chi connectivity index (χ2v) is 8.10. The molecule has 0 aromatic heterocycles. The van der Waals surface area contributed by atoms with E-state index >= 15 is 0 Å². The van der Waals surface area contributed by atoms with Crippen LogP contribution in [0.4, 0.5) is 13.2 Å². The Labute approximate surface area is 178 Å². The van der Waals surface area contributed by atoms with Crippen molar-refractivity contribution in [2.45, 2.75) is 51.2 Å². The fourth-order valence-corrected chi connectivity index (χ4v) is 3.94. The van der Waals surface area contributed by atoms with Crippen molar-refractivity contribution in [3.05, 3.63) is 42.0 Å². The molecule has 0 bridgehead atoms. The summed E-state index contributed by atoms with van der Waals surface area (Å²) in [5, 5.41) is 12.8. The Morgan fingerprint density at radius 2 is 1.81 bits per heavy atom. The zero-order chi connectivity index (χ0) is 22.6. The van der Waals surface area contributed by atoms with E-state index in [4.69, 9.17) is 4.74 Å². The Hall–Kier alpha value is -2.77. The molecule has 0 aliphatic heterocycles. The van der Waals surface area contributed by atoms with Crippen LogP contribution in [0.5, 0.6) is 5.75 Å². The molecule has 1 fully saturated rings. The molecule has 0 heterocycles. The standard InChI is InChI=1S/C23H26F3NO4/c1-14(23(24,25)26)19(22(29)30)27-21(28)18-12-11-16-9-5-6-10-17(16)20(18)31-13-15-7-3-2-4-8-15/h5-6,9-12,14-15,19H,2-4,7-8,13H2,1H3,(H,27,28)(H,29,30). The number of benzene rings is 2. The summed E-state index contributed by atoms with van der Waals surface area (Å²) >= 11 is 0. The third-order valence-electron chi connectivity index (χ3n) is 5.88. The van der Waals surface area contributed by atoms with E-state index in [1.165, 1.54) is 12.5 Å². The molecule has 1 amide bonds. The Bertz CT molecular complexity index is 938. The highest BCUT2D eigenvalue weighted by Crippen LogP contribution is 2.33. The molecule has 2 aromatic rings. The van der Waals surface area contributed by atoms with Crippen LogP contribution in [0.3, 0.4) is 0 Å². The van der Waals surface area contributed by atoms with Crippen molar-refractivity contribution in [3.8, 4) is 5.75 Å². The average Bonchev–Trinajstić information content (AvgIpc) is 2.74. The number of carboxylic acids is 1. The zero-order valence-corrected chi connectivity index (χ0v) is 17.2. The van der Waals surface area contributed by atoms with Crippen LogP contribution in [0, 0.1) is 11.8 Å². The van der Waals surface area contributed by atoms with Gasteiger partial charge in [-0.1, -0.05) is 56.5 Å². The van der Waals surface area contributed by atoms with Gasteiger partial charge >= 0.3 is 12.1 Å². The Balaban J connectivity index is 1.90. The minimum atomic E-state index is -4.76. The van der Waals surface area contributed by atoms with E-state index in [1.54, 1.807) is 18.2 Å². The van der Waals surface area contributed by atoms with E-state index in [2.05, 4.69) is 0 Å². The monoisotopic (exact) mass is 437 g/mol. The van der Waals surface area contributed by atoms with Gasteiger partial charge in [0, 0.05) is 5.39 Å². The van der Waals surface area contributed by atoms with Crippen molar-refractivity contribution in [2.24, 2.45) is 11.8 Å². The first-order valence-electron chi connectivity index (χ1n) is 10.4.